The molecule has 0 unspecified atom stereocenters. The highest BCUT2D eigenvalue weighted by atomic mass is 16.1. The molecule has 1 aromatic carbocycles. The van der Waals surface area contributed by atoms with Crippen LogP contribution in [0.2, 0.25) is 0 Å². The van der Waals surface area contributed by atoms with Gasteiger partial charge in [0, 0.05) is 12.8 Å². The van der Waals surface area contributed by atoms with Crippen LogP contribution < -0.4 is 4.90 Å². The summed E-state index contributed by atoms with van der Waals surface area (Å²) >= 11 is 0. The van der Waals surface area contributed by atoms with Gasteiger partial charge in [-0.05, 0) is 5.56 Å². The summed E-state index contributed by atoms with van der Waals surface area (Å²) in [6, 6.07) is 11.5. The lowest BCUT2D eigenvalue weighted by molar-refractivity contribution is -0.878. The monoisotopic (exact) mass is 229 g/mol. The quantitative estimate of drug-likeness (QED) is 0.819. The first-order chi connectivity index (χ1) is 8.31. The number of likely N-dealkylation sites (tertiary alicyclic amines) is 1. The second-order valence-electron chi connectivity index (χ2n) is 4.57. The van der Waals surface area contributed by atoms with E-state index in [1.54, 1.807) is 0 Å². The Kier molecular flexibility index (Phi) is 3.89. The zero-order valence-corrected chi connectivity index (χ0v) is 9.86. The molecule has 1 atom stereocenters. The lowest BCUT2D eigenvalue weighted by Gasteiger charge is -2.13. The average Bonchev–Trinajstić information content (AvgIpc) is 2.84. The molecule has 3 heteroatoms. The molecule has 0 aromatic heterocycles. The van der Waals surface area contributed by atoms with Crippen LogP contribution in [0, 0.1) is 11.3 Å². The Labute approximate surface area is 102 Å². The third-order valence-electron chi connectivity index (χ3n) is 3.32. The largest absolute Gasteiger partial charge is 0.329 e. The molecule has 3 nitrogen and oxygen atoms in total. The minimum atomic E-state index is -0.593. The molecule has 1 saturated heterocycles. The Hall–Kier alpha value is -1.66. The third-order valence-corrected chi connectivity index (χ3v) is 3.32. The van der Waals surface area contributed by atoms with E-state index >= 15 is 0 Å². The number of hydrogen-bond donors (Lipinski definition) is 1. The highest BCUT2D eigenvalue weighted by molar-refractivity contribution is 5.89. The van der Waals surface area contributed by atoms with Crippen molar-refractivity contribution in [2.24, 2.45) is 0 Å². The molecule has 0 saturated carbocycles. The van der Waals surface area contributed by atoms with Crippen LogP contribution in [0.15, 0.2) is 30.3 Å². The second-order valence-corrected chi connectivity index (χ2v) is 4.57. The van der Waals surface area contributed by atoms with Gasteiger partial charge in [0.1, 0.15) is 12.5 Å². The molecule has 1 fully saturated rings. The molecule has 0 aliphatic carbocycles. The molecule has 0 bridgehead atoms. The Morgan fingerprint density at radius 2 is 1.94 bits per heavy atom. The van der Waals surface area contributed by atoms with Gasteiger partial charge in [-0.25, -0.2) is 0 Å². The third kappa shape index (κ3) is 2.92. The Morgan fingerprint density at radius 3 is 2.53 bits per heavy atom. The number of benzene rings is 1. The number of Topliss-reactive ketones (excluding diaryl/α,β-unsaturated/α-hetero) is 1. The first-order valence-electron chi connectivity index (χ1n) is 6.12. The zero-order valence-electron chi connectivity index (χ0n) is 9.86. The molecule has 1 aliphatic heterocycles. The van der Waals surface area contributed by atoms with E-state index < -0.39 is 5.92 Å². The van der Waals surface area contributed by atoms with Gasteiger partial charge in [0.15, 0.2) is 0 Å². The maximum atomic E-state index is 12.1. The maximum Gasteiger partial charge on any atom is 0.208 e. The summed E-state index contributed by atoms with van der Waals surface area (Å²) in [5.41, 5.74) is 0.818. The van der Waals surface area contributed by atoms with Crippen molar-refractivity contribution in [3.05, 3.63) is 35.9 Å². The van der Waals surface area contributed by atoms with E-state index in [0.29, 0.717) is 6.54 Å². The summed E-state index contributed by atoms with van der Waals surface area (Å²) in [5.74, 6) is -0.542. The highest BCUT2D eigenvalue weighted by Gasteiger charge is 2.26. The fourth-order valence-electron chi connectivity index (χ4n) is 2.38. The van der Waals surface area contributed by atoms with Crippen LogP contribution in [0.3, 0.4) is 0 Å². The smallest absolute Gasteiger partial charge is 0.208 e. The Bertz CT molecular complexity index is 416. The first kappa shape index (κ1) is 11.8. The summed E-state index contributed by atoms with van der Waals surface area (Å²) < 4.78 is 0. The average molecular weight is 229 g/mol. The number of ketones is 1. The molecule has 17 heavy (non-hydrogen) atoms. The van der Waals surface area contributed by atoms with Crippen LogP contribution >= 0.6 is 0 Å². The van der Waals surface area contributed by atoms with E-state index in [0.717, 1.165) is 18.7 Å². The summed E-state index contributed by atoms with van der Waals surface area (Å²) in [6.07, 6.45) is 2.40. The fourth-order valence-corrected chi connectivity index (χ4v) is 2.38. The van der Waals surface area contributed by atoms with E-state index in [2.05, 4.69) is 6.07 Å². The van der Waals surface area contributed by atoms with E-state index in [1.165, 1.54) is 17.7 Å². The predicted molar refractivity (Wildman–Crippen MR) is 64.6 cm³/mol. The van der Waals surface area contributed by atoms with Gasteiger partial charge in [-0.1, -0.05) is 30.3 Å². The minimum absolute atomic E-state index is 0.0515. The molecule has 0 amide bonds. The van der Waals surface area contributed by atoms with E-state index in [-0.39, 0.29) is 5.78 Å². The summed E-state index contributed by atoms with van der Waals surface area (Å²) in [7, 11) is 0. The van der Waals surface area contributed by atoms with Gasteiger partial charge in [0.25, 0.3) is 0 Å². The summed E-state index contributed by atoms with van der Waals surface area (Å²) in [4.78, 5) is 13.4. The van der Waals surface area contributed by atoms with Gasteiger partial charge in [0.05, 0.1) is 19.2 Å². The SMILES string of the molecule is N#C[C@H](C(=O)C[NH+]1CCCC1)c1ccccc1. The fraction of sp³-hybridized carbons (Fsp3) is 0.429. The molecule has 2 rings (SSSR count). The van der Waals surface area contributed by atoms with E-state index in [9.17, 15) is 4.79 Å². The molecule has 1 N–H and O–H groups in total. The van der Waals surface area contributed by atoms with Crippen LogP contribution in [-0.4, -0.2) is 25.4 Å². The second kappa shape index (κ2) is 5.60. The molecule has 1 aromatic rings. The number of nitriles is 1. The molecule has 1 heterocycles. The summed E-state index contributed by atoms with van der Waals surface area (Å²) in [5, 5.41) is 9.14. The standard InChI is InChI=1S/C14H16N2O/c15-10-13(12-6-2-1-3-7-12)14(17)11-16-8-4-5-9-16/h1-3,6-7,13H,4-5,8-9,11H2/p+1/t13-/m0/s1. The topological polar surface area (TPSA) is 45.3 Å². The lowest BCUT2D eigenvalue weighted by atomic mass is 9.96. The van der Waals surface area contributed by atoms with Gasteiger partial charge in [-0.2, -0.15) is 5.26 Å². The molecule has 88 valence electrons. The van der Waals surface area contributed by atoms with Crippen LogP contribution in [0.25, 0.3) is 0 Å². The van der Waals surface area contributed by atoms with Crippen LogP contribution in [0.1, 0.15) is 24.3 Å². The van der Waals surface area contributed by atoms with Crippen molar-refractivity contribution in [3.63, 3.8) is 0 Å². The number of nitrogens with zero attached hydrogens (tertiary/aromatic N) is 1. The number of quaternary nitrogens is 1. The first-order valence-corrected chi connectivity index (χ1v) is 6.12. The number of carbonyl (C=O) groups is 1. The zero-order chi connectivity index (χ0) is 12.1. The van der Waals surface area contributed by atoms with Crippen LogP contribution in [-0.2, 0) is 4.79 Å². The summed E-state index contributed by atoms with van der Waals surface area (Å²) in [6.45, 7) is 2.63. The van der Waals surface area contributed by atoms with Gasteiger partial charge >= 0.3 is 0 Å². The number of rotatable bonds is 4. The van der Waals surface area contributed by atoms with Crippen molar-refractivity contribution in [1.29, 1.82) is 5.26 Å². The van der Waals surface area contributed by atoms with Crippen molar-refractivity contribution >= 4 is 5.78 Å². The van der Waals surface area contributed by atoms with E-state index in [4.69, 9.17) is 5.26 Å². The van der Waals surface area contributed by atoms with Gasteiger partial charge < -0.3 is 4.90 Å². The molecule has 0 spiro atoms. The number of nitrogens with one attached hydrogen (secondary N) is 1. The van der Waals surface area contributed by atoms with E-state index in [1.807, 2.05) is 30.3 Å². The number of carbonyl (C=O) groups excluding carboxylic acids is 1. The van der Waals surface area contributed by atoms with Crippen molar-refractivity contribution in [2.45, 2.75) is 18.8 Å². The van der Waals surface area contributed by atoms with Crippen molar-refractivity contribution in [1.82, 2.24) is 0 Å². The van der Waals surface area contributed by atoms with Gasteiger partial charge in [-0.15, -0.1) is 0 Å². The highest BCUT2D eigenvalue weighted by Crippen LogP contribution is 2.14. The number of hydrogen-bond acceptors (Lipinski definition) is 2. The molecule has 0 radical (unpaired) electrons. The lowest BCUT2D eigenvalue weighted by Crippen LogP contribution is -3.11. The Morgan fingerprint density at radius 1 is 1.29 bits per heavy atom. The van der Waals surface area contributed by atoms with Gasteiger partial charge in [0.2, 0.25) is 5.78 Å². The van der Waals surface area contributed by atoms with Crippen molar-refractivity contribution in [2.75, 3.05) is 19.6 Å². The van der Waals surface area contributed by atoms with Crippen molar-refractivity contribution in [3.8, 4) is 6.07 Å². The Balaban J connectivity index is 2.03. The molecular weight excluding hydrogens is 212 g/mol. The van der Waals surface area contributed by atoms with Crippen molar-refractivity contribution < 1.29 is 9.69 Å². The van der Waals surface area contributed by atoms with Gasteiger partial charge in [-0.3, -0.25) is 4.79 Å². The maximum absolute atomic E-state index is 12.1. The minimum Gasteiger partial charge on any atom is -0.329 e. The van der Waals surface area contributed by atoms with Crippen LogP contribution in [0.5, 0.6) is 0 Å². The van der Waals surface area contributed by atoms with Crippen LogP contribution in [0.4, 0.5) is 0 Å². The molecular formula is C14H17N2O+. The molecule has 1 aliphatic rings. The normalized spacial score (nSPS) is 17.6. The predicted octanol–water partition coefficient (Wildman–Crippen LogP) is 0.542.